The van der Waals surface area contributed by atoms with E-state index in [1.165, 1.54) is 24.3 Å². The van der Waals surface area contributed by atoms with Crippen molar-refractivity contribution in [3.05, 3.63) is 47.5 Å². The van der Waals surface area contributed by atoms with Crippen molar-refractivity contribution in [2.45, 2.75) is 38.3 Å². The molecule has 0 radical (unpaired) electrons. The summed E-state index contributed by atoms with van der Waals surface area (Å²) in [5, 5.41) is 47.6. The number of unbranched alkanes of at least 4 members (excludes halogenated alkanes) is 1. The number of ether oxygens (including phenoxy) is 1. The molecule has 0 bridgehead atoms. The fraction of sp³-hybridized carbons (Fsp3) is 0.400. The summed E-state index contributed by atoms with van der Waals surface area (Å²) in [5.74, 6) is -1.98. The molecule has 11 nitrogen and oxygen atoms in total. The Labute approximate surface area is 208 Å². The van der Waals surface area contributed by atoms with Crippen LogP contribution in [0.3, 0.4) is 0 Å². The molecule has 2 aromatic carbocycles. The lowest BCUT2D eigenvalue weighted by Gasteiger charge is -2.13. The highest BCUT2D eigenvalue weighted by Gasteiger charge is 2.34. The molecule has 194 valence electrons. The zero-order valence-electron chi connectivity index (χ0n) is 20.0. The Morgan fingerprint density at radius 2 is 1.50 bits per heavy atom. The Bertz CT molecular complexity index is 1110. The van der Waals surface area contributed by atoms with Gasteiger partial charge in [0.2, 0.25) is 11.8 Å². The Balaban J connectivity index is 1.27. The summed E-state index contributed by atoms with van der Waals surface area (Å²) < 4.78 is 5.62. The van der Waals surface area contributed by atoms with E-state index in [0.29, 0.717) is 26.1 Å². The highest BCUT2D eigenvalue weighted by atomic mass is 16.5. The van der Waals surface area contributed by atoms with E-state index in [0.717, 1.165) is 19.4 Å². The molecule has 7 N–H and O–H groups in total. The van der Waals surface area contributed by atoms with Crippen LogP contribution in [-0.2, 0) is 9.53 Å². The van der Waals surface area contributed by atoms with Gasteiger partial charge in [-0.15, -0.1) is 0 Å². The standard InChI is InChI=1S/C25H32N4O7/c1-15-20(29-25(36-15)17-8-5-10-19(31)22(17)33)24(35)28-13-3-2-11-26-12-6-14-27-23(34)16-7-4-9-18(30)21(16)32/h4-5,7-10,15,20,26,30-33H,2-3,6,11-14H2,1H3,(H,27,34)(H,28,35). The molecular weight excluding hydrogens is 468 g/mol. The van der Waals surface area contributed by atoms with Gasteiger partial charge < -0.3 is 41.1 Å². The molecule has 0 fully saturated rings. The Kier molecular flexibility index (Phi) is 9.34. The van der Waals surface area contributed by atoms with E-state index in [9.17, 15) is 30.0 Å². The minimum atomic E-state index is -0.739. The number of carbonyl (C=O) groups is 2. The number of phenols is 4. The van der Waals surface area contributed by atoms with E-state index in [1.54, 1.807) is 19.1 Å². The molecule has 1 heterocycles. The van der Waals surface area contributed by atoms with Crippen LogP contribution in [0.25, 0.3) is 0 Å². The van der Waals surface area contributed by atoms with Gasteiger partial charge in [0.1, 0.15) is 6.10 Å². The van der Waals surface area contributed by atoms with E-state index in [-0.39, 0.29) is 40.2 Å². The molecule has 2 unspecified atom stereocenters. The molecule has 2 atom stereocenters. The second kappa shape index (κ2) is 12.6. The van der Waals surface area contributed by atoms with Crippen LogP contribution in [0.5, 0.6) is 23.0 Å². The van der Waals surface area contributed by atoms with Crippen LogP contribution in [0.1, 0.15) is 42.1 Å². The zero-order chi connectivity index (χ0) is 26.1. The van der Waals surface area contributed by atoms with Crippen molar-refractivity contribution in [1.29, 1.82) is 0 Å². The molecule has 11 heteroatoms. The minimum absolute atomic E-state index is 0.0305. The molecule has 2 aromatic rings. The third kappa shape index (κ3) is 6.79. The maximum Gasteiger partial charge on any atom is 0.255 e. The Hall–Kier alpha value is -3.99. The summed E-state index contributed by atoms with van der Waals surface area (Å²) in [6.07, 6.45) is 1.79. The van der Waals surface area contributed by atoms with Crippen molar-refractivity contribution in [2.75, 3.05) is 26.2 Å². The Morgan fingerprint density at radius 3 is 2.28 bits per heavy atom. The highest BCUT2D eigenvalue weighted by Crippen LogP contribution is 2.31. The van der Waals surface area contributed by atoms with E-state index in [1.807, 2.05) is 0 Å². The maximum atomic E-state index is 12.5. The normalized spacial score (nSPS) is 16.8. The van der Waals surface area contributed by atoms with Gasteiger partial charge in [0.05, 0.1) is 11.1 Å². The fourth-order valence-electron chi connectivity index (χ4n) is 3.65. The quantitative estimate of drug-likeness (QED) is 0.169. The van der Waals surface area contributed by atoms with Gasteiger partial charge in [-0.25, -0.2) is 4.99 Å². The summed E-state index contributed by atoms with van der Waals surface area (Å²) in [6.45, 7) is 4.06. The second-order valence-corrected chi connectivity index (χ2v) is 8.41. The van der Waals surface area contributed by atoms with Crippen molar-refractivity contribution < 1.29 is 34.8 Å². The summed E-state index contributed by atoms with van der Waals surface area (Å²) in [4.78, 5) is 28.8. The smallest absolute Gasteiger partial charge is 0.255 e. The number of hydrogen-bond donors (Lipinski definition) is 7. The fourth-order valence-corrected chi connectivity index (χ4v) is 3.65. The van der Waals surface area contributed by atoms with E-state index in [4.69, 9.17) is 4.74 Å². The molecule has 36 heavy (non-hydrogen) atoms. The number of phenolic OH excluding ortho intramolecular Hbond substituents is 4. The van der Waals surface area contributed by atoms with Crippen molar-refractivity contribution >= 4 is 17.7 Å². The zero-order valence-corrected chi connectivity index (χ0v) is 20.0. The average Bonchev–Trinajstić information content (AvgIpc) is 3.24. The van der Waals surface area contributed by atoms with Gasteiger partial charge in [0.15, 0.2) is 29.0 Å². The van der Waals surface area contributed by atoms with Gasteiger partial charge in [0, 0.05) is 13.1 Å². The van der Waals surface area contributed by atoms with E-state index < -0.39 is 23.8 Å². The third-order valence-corrected chi connectivity index (χ3v) is 5.67. The number of aromatic hydroxyl groups is 4. The molecular formula is C25H32N4O7. The topological polar surface area (TPSA) is 173 Å². The first-order valence-electron chi connectivity index (χ1n) is 11.8. The van der Waals surface area contributed by atoms with Crippen molar-refractivity contribution in [2.24, 2.45) is 4.99 Å². The van der Waals surface area contributed by atoms with Crippen molar-refractivity contribution in [1.82, 2.24) is 16.0 Å². The molecule has 0 aliphatic carbocycles. The first-order valence-corrected chi connectivity index (χ1v) is 11.8. The largest absolute Gasteiger partial charge is 0.504 e. The first kappa shape index (κ1) is 26.6. The summed E-state index contributed by atoms with van der Waals surface area (Å²) >= 11 is 0. The number of amides is 2. The molecule has 1 aliphatic rings. The molecule has 2 amide bonds. The van der Waals surface area contributed by atoms with E-state index in [2.05, 4.69) is 20.9 Å². The number of rotatable bonds is 12. The number of para-hydroxylation sites is 2. The molecule has 0 saturated heterocycles. The SMILES string of the molecule is CC1OC(c2cccc(O)c2O)=NC1C(=O)NCCCCNCCCNC(=O)c1cccc(O)c1O. The van der Waals surface area contributed by atoms with Gasteiger partial charge in [-0.1, -0.05) is 12.1 Å². The predicted molar refractivity (Wildman–Crippen MR) is 132 cm³/mol. The average molecular weight is 501 g/mol. The second-order valence-electron chi connectivity index (χ2n) is 8.41. The van der Waals surface area contributed by atoms with Crippen LogP contribution < -0.4 is 16.0 Å². The van der Waals surface area contributed by atoms with Crippen LogP contribution in [-0.4, -0.2) is 76.5 Å². The lowest BCUT2D eigenvalue weighted by molar-refractivity contribution is -0.123. The number of benzene rings is 2. The predicted octanol–water partition coefficient (Wildman–Crippen LogP) is 1.35. The Morgan fingerprint density at radius 1 is 0.861 bits per heavy atom. The molecule has 1 aliphatic heterocycles. The molecule has 0 aromatic heterocycles. The first-order chi connectivity index (χ1) is 17.3. The van der Waals surface area contributed by atoms with Gasteiger partial charge in [0.25, 0.3) is 5.91 Å². The molecule has 3 rings (SSSR count). The van der Waals surface area contributed by atoms with E-state index >= 15 is 0 Å². The number of nitrogens with zero attached hydrogens (tertiary/aromatic N) is 1. The molecule has 0 saturated carbocycles. The maximum absolute atomic E-state index is 12.5. The van der Waals surface area contributed by atoms with Gasteiger partial charge in [-0.3, -0.25) is 9.59 Å². The summed E-state index contributed by atoms with van der Waals surface area (Å²) in [7, 11) is 0. The van der Waals surface area contributed by atoms with Crippen LogP contribution in [0, 0.1) is 0 Å². The van der Waals surface area contributed by atoms with Gasteiger partial charge >= 0.3 is 0 Å². The van der Waals surface area contributed by atoms with Gasteiger partial charge in [-0.2, -0.15) is 0 Å². The van der Waals surface area contributed by atoms with Crippen LogP contribution in [0.4, 0.5) is 0 Å². The number of carbonyl (C=O) groups excluding carboxylic acids is 2. The van der Waals surface area contributed by atoms with Crippen LogP contribution in [0.2, 0.25) is 0 Å². The minimum Gasteiger partial charge on any atom is -0.504 e. The summed E-state index contributed by atoms with van der Waals surface area (Å²) in [5.41, 5.74) is 0.267. The highest BCUT2D eigenvalue weighted by molar-refractivity contribution is 6.01. The van der Waals surface area contributed by atoms with Gasteiger partial charge in [-0.05, 0) is 63.5 Å². The van der Waals surface area contributed by atoms with Crippen LogP contribution >= 0.6 is 0 Å². The number of hydrogen-bond acceptors (Lipinski definition) is 9. The van der Waals surface area contributed by atoms with Crippen molar-refractivity contribution in [3.8, 4) is 23.0 Å². The number of aliphatic imine (C=N–C) groups is 1. The monoisotopic (exact) mass is 500 g/mol. The third-order valence-electron chi connectivity index (χ3n) is 5.67. The van der Waals surface area contributed by atoms with Crippen LogP contribution in [0.15, 0.2) is 41.4 Å². The lowest BCUT2D eigenvalue weighted by atomic mass is 10.1. The summed E-state index contributed by atoms with van der Waals surface area (Å²) in [6, 6.07) is 7.96. The van der Waals surface area contributed by atoms with Crippen molar-refractivity contribution in [3.63, 3.8) is 0 Å². The lowest BCUT2D eigenvalue weighted by Crippen LogP contribution is -2.38. The molecule has 0 spiro atoms. The number of nitrogens with one attached hydrogen (secondary N) is 3.